The topological polar surface area (TPSA) is 142 Å². The minimum Gasteiger partial charge on any atom is -0.489 e. The molecule has 212 valence electrons. The first-order chi connectivity index (χ1) is 19.4. The summed E-state index contributed by atoms with van der Waals surface area (Å²) in [5.74, 6) is 0.0734. The first kappa shape index (κ1) is 28.2. The van der Waals surface area contributed by atoms with Crippen molar-refractivity contribution in [2.75, 3.05) is 24.6 Å². The molecule has 0 unspecified atom stereocenters. The fraction of sp³-hybridized carbons (Fsp3) is 0.357. The lowest BCUT2D eigenvalue weighted by atomic mass is 9.89. The molecule has 1 aliphatic rings. The Kier molecular flexibility index (Phi) is 7.50. The molecule has 4 aromatic rings. The van der Waals surface area contributed by atoms with Crippen LogP contribution in [-0.2, 0) is 0 Å². The zero-order valence-corrected chi connectivity index (χ0v) is 23.5. The first-order valence-electron chi connectivity index (χ1n) is 12.9. The van der Waals surface area contributed by atoms with E-state index in [-0.39, 0.29) is 17.3 Å². The summed E-state index contributed by atoms with van der Waals surface area (Å²) in [6.45, 7) is 6.53. The number of amides is 1. The monoisotopic (exact) mass is 578 g/mol. The molecule has 1 amide bonds. The molecule has 0 aliphatic carbocycles. The number of hydrogen-bond donors (Lipinski definition) is 2. The summed E-state index contributed by atoms with van der Waals surface area (Å²) in [6.07, 6.45) is 8.65. The molecular weight excluding hydrogens is 551 g/mol. The van der Waals surface area contributed by atoms with Crippen molar-refractivity contribution in [1.82, 2.24) is 29.9 Å². The smallest absolute Gasteiger partial charge is 0.271 e. The molecule has 1 fully saturated rings. The van der Waals surface area contributed by atoms with E-state index in [2.05, 4.69) is 36.3 Å². The van der Waals surface area contributed by atoms with Gasteiger partial charge in [-0.05, 0) is 45.7 Å². The van der Waals surface area contributed by atoms with Gasteiger partial charge in [0, 0.05) is 24.2 Å². The summed E-state index contributed by atoms with van der Waals surface area (Å²) < 4.78 is 20.7. The van der Waals surface area contributed by atoms with Crippen LogP contribution < -0.4 is 15.0 Å². The Morgan fingerprint density at radius 3 is 2.61 bits per heavy atom. The highest BCUT2D eigenvalue weighted by Crippen LogP contribution is 2.31. The van der Waals surface area contributed by atoms with Crippen molar-refractivity contribution in [2.24, 2.45) is 0 Å². The van der Waals surface area contributed by atoms with Crippen molar-refractivity contribution in [1.29, 1.82) is 5.26 Å². The third kappa shape index (κ3) is 6.21. The molecule has 5 heterocycles. The predicted octanol–water partition coefficient (Wildman–Crippen LogP) is 3.79. The highest BCUT2D eigenvalue weighted by atomic mass is 35.5. The average Bonchev–Trinajstić information content (AvgIpc) is 3.34. The zero-order valence-electron chi connectivity index (χ0n) is 22.7. The number of hydrogen-bond acceptors (Lipinski definition) is 9. The molecule has 0 bridgehead atoms. The number of nitriles is 1. The fourth-order valence-corrected chi connectivity index (χ4v) is 4.84. The minimum absolute atomic E-state index is 0.0143. The quantitative estimate of drug-likeness (QED) is 0.335. The number of rotatable bonds is 7. The Bertz CT molecular complexity index is 1640. The molecule has 0 radical (unpaired) electrons. The van der Waals surface area contributed by atoms with Gasteiger partial charge in [-0.1, -0.05) is 11.6 Å². The fourth-order valence-electron chi connectivity index (χ4n) is 4.61. The molecular formula is C28H28ClFN8O3. The van der Waals surface area contributed by atoms with Gasteiger partial charge >= 0.3 is 0 Å². The lowest BCUT2D eigenvalue weighted by Crippen LogP contribution is -2.53. The van der Waals surface area contributed by atoms with Gasteiger partial charge in [-0.15, -0.1) is 0 Å². The van der Waals surface area contributed by atoms with Crippen LogP contribution in [0, 0.1) is 17.1 Å². The van der Waals surface area contributed by atoms with Gasteiger partial charge in [-0.2, -0.15) is 10.4 Å². The van der Waals surface area contributed by atoms with Gasteiger partial charge in [0.2, 0.25) is 0 Å². The van der Waals surface area contributed by atoms with Crippen molar-refractivity contribution in [2.45, 2.75) is 44.8 Å². The maximum absolute atomic E-state index is 13.3. The average molecular weight is 579 g/mol. The minimum atomic E-state index is -1.03. The molecule has 1 aliphatic heterocycles. The number of anilines is 1. The van der Waals surface area contributed by atoms with Crippen LogP contribution in [0.15, 0.2) is 43.1 Å². The van der Waals surface area contributed by atoms with Crippen molar-refractivity contribution >= 4 is 28.8 Å². The van der Waals surface area contributed by atoms with E-state index in [1.165, 1.54) is 6.20 Å². The highest BCUT2D eigenvalue weighted by Gasteiger charge is 2.33. The molecule has 1 saturated heterocycles. The van der Waals surface area contributed by atoms with Gasteiger partial charge < -0.3 is 20.1 Å². The van der Waals surface area contributed by atoms with E-state index < -0.39 is 22.9 Å². The lowest BCUT2D eigenvalue weighted by molar-refractivity contribution is 0.0283. The van der Waals surface area contributed by atoms with Crippen LogP contribution in [0.4, 0.5) is 10.2 Å². The molecule has 0 saturated carbocycles. The van der Waals surface area contributed by atoms with E-state index in [4.69, 9.17) is 16.3 Å². The number of nitrogens with one attached hydrogen (secondary N) is 1. The van der Waals surface area contributed by atoms with Crippen LogP contribution in [0.25, 0.3) is 16.8 Å². The van der Waals surface area contributed by atoms with E-state index >= 15 is 0 Å². The summed E-state index contributed by atoms with van der Waals surface area (Å²) in [4.78, 5) is 27.9. The predicted molar refractivity (Wildman–Crippen MR) is 149 cm³/mol. The van der Waals surface area contributed by atoms with Crippen LogP contribution in [0.1, 0.15) is 49.7 Å². The number of carbonyl (C=O) groups excluding carboxylic acids is 1. The molecule has 11 nitrogen and oxygen atoms in total. The second-order valence-electron chi connectivity index (χ2n) is 10.9. The van der Waals surface area contributed by atoms with E-state index in [9.17, 15) is 19.6 Å². The Morgan fingerprint density at radius 2 is 1.98 bits per heavy atom. The van der Waals surface area contributed by atoms with Crippen LogP contribution in [0.2, 0.25) is 5.02 Å². The lowest BCUT2D eigenvalue weighted by Gasteiger charge is -2.40. The van der Waals surface area contributed by atoms with Gasteiger partial charge in [0.05, 0.1) is 58.4 Å². The molecule has 5 rings (SSSR count). The molecule has 2 N–H and O–H groups in total. The van der Waals surface area contributed by atoms with E-state index in [0.717, 1.165) is 12.3 Å². The number of halogens is 2. The summed E-state index contributed by atoms with van der Waals surface area (Å²) >= 11 is 6.01. The first-order valence-corrected chi connectivity index (χ1v) is 13.3. The largest absolute Gasteiger partial charge is 0.489 e. The maximum Gasteiger partial charge on any atom is 0.271 e. The molecule has 0 spiro atoms. The van der Waals surface area contributed by atoms with Crippen molar-refractivity contribution in [3.63, 3.8) is 0 Å². The Labute approximate surface area is 240 Å². The Balaban J connectivity index is 1.31. The number of fused-ring (bicyclic) bond motifs is 1. The number of piperidine rings is 1. The number of aromatic nitrogens is 5. The maximum atomic E-state index is 13.3. The van der Waals surface area contributed by atoms with E-state index in [0.29, 0.717) is 59.8 Å². The number of ether oxygens (including phenoxy) is 1. The molecule has 13 heteroatoms. The van der Waals surface area contributed by atoms with Crippen molar-refractivity contribution in [3.05, 3.63) is 65.2 Å². The summed E-state index contributed by atoms with van der Waals surface area (Å²) in [5, 5.41) is 26.9. The van der Waals surface area contributed by atoms with Crippen LogP contribution in [0.5, 0.6) is 5.75 Å². The number of aliphatic hydroxyl groups is 1. The van der Waals surface area contributed by atoms with E-state index in [1.54, 1.807) is 43.0 Å². The standard InChI is InChI=1S/C28H28ClFN8O3/c1-27(2,40)16-41-19-9-20(25-17(10-31)11-35-38(25)15-19)22-13-33-23(14-32-22)37-6-4-28(3,5-7-37)36-26(39)24-21(29)8-18(30)12-34-24/h8-9,11-15,40H,4-7,16H2,1-3H3,(H,36,39). The van der Waals surface area contributed by atoms with Gasteiger partial charge in [-0.3, -0.25) is 9.78 Å². The molecule has 0 aromatic carbocycles. The van der Waals surface area contributed by atoms with Gasteiger partial charge in [0.15, 0.2) is 0 Å². The summed E-state index contributed by atoms with van der Waals surface area (Å²) in [5.41, 5.74) is 0.553. The number of carbonyl (C=O) groups is 1. The van der Waals surface area contributed by atoms with Crippen LogP contribution >= 0.6 is 11.6 Å². The van der Waals surface area contributed by atoms with E-state index in [1.807, 2.05) is 6.92 Å². The van der Waals surface area contributed by atoms with Crippen molar-refractivity contribution < 1.29 is 19.0 Å². The zero-order chi connectivity index (χ0) is 29.4. The normalized spacial score (nSPS) is 15.0. The molecule has 41 heavy (non-hydrogen) atoms. The summed E-state index contributed by atoms with van der Waals surface area (Å²) in [7, 11) is 0. The van der Waals surface area contributed by atoms with Gasteiger partial charge in [-0.25, -0.2) is 18.9 Å². The summed E-state index contributed by atoms with van der Waals surface area (Å²) in [6, 6.07) is 4.98. The number of nitrogens with zero attached hydrogens (tertiary/aromatic N) is 7. The third-order valence-corrected chi connectivity index (χ3v) is 7.13. The molecule has 0 atom stereocenters. The van der Waals surface area contributed by atoms with Gasteiger partial charge in [0.1, 0.15) is 35.8 Å². The van der Waals surface area contributed by atoms with Gasteiger partial charge in [0.25, 0.3) is 5.91 Å². The van der Waals surface area contributed by atoms with Crippen LogP contribution in [0.3, 0.4) is 0 Å². The Morgan fingerprint density at radius 1 is 1.22 bits per heavy atom. The second-order valence-corrected chi connectivity index (χ2v) is 11.3. The third-order valence-electron chi connectivity index (χ3n) is 6.84. The highest BCUT2D eigenvalue weighted by molar-refractivity contribution is 6.33. The molecule has 4 aromatic heterocycles. The van der Waals surface area contributed by atoms with Crippen molar-refractivity contribution in [3.8, 4) is 23.1 Å². The number of pyridine rings is 2. The SMILES string of the molecule is CC(C)(O)COc1cc(-c2cnc(N3CCC(C)(NC(=O)c4ncc(F)cc4Cl)CC3)cn2)c2c(C#N)cnn2c1. The Hall–Kier alpha value is -4.34. The second kappa shape index (κ2) is 10.9. The van der Waals surface area contributed by atoms with Crippen LogP contribution in [-0.4, -0.2) is 66.4 Å².